The van der Waals surface area contributed by atoms with Crippen LogP contribution in [0.15, 0.2) is 53.3 Å². The first-order valence-corrected chi connectivity index (χ1v) is 7.97. The predicted molar refractivity (Wildman–Crippen MR) is 96.9 cm³/mol. The standard InChI is InChI=1S/C19H21N3O2/c1-13(2)20-19-21-17-7-5-4-6-16(17)18(23)22(19)12-14-8-10-15(24-3)11-9-14/h4-11,13H,12H2,1-3H3,(H,20,21). The van der Waals surface area contributed by atoms with E-state index in [0.29, 0.717) is 23.4 Å². The lowest BCUT2D eigenvalue weighted by Gasteiger charge is -2.17. The fraction of sp³-hybridized carbons (Fsp3) is 0.263. The van der Waals surface area contributed by atoms with Crippen LogP contribution in [0.25, 0.3) is 10.9 Å². The second-order valence-electron chi connectivity index (χ2n) is 5.99. The maximum atomic E-state index is 12.9. The monoisotopic (exact) mass is 323 g/mol. The lowest BCUT2D eigenvalue weighted by Crippen LogP contribution is -2.27. The van der Waals surface area contributed by atoms with Crippen molar-refractivity contribution in [3.63, 3.8) is 0 Å². The second-order valence-corrected chi connectivity index (χ2v) is 5.99. The van der Waals surface area contributed by atoms with E-state index in [1.54, 1.807) is 11.7 Å². The summed E-state index contributed by atoms with van der Waals surface area (Å²) in [5.74, 6) is 1.38. The van der Waals surface area contributed by atoms with Gasteiger partial charge in [0.2, 0.25) is 5.95 Å². The zero-order chi connectivity index (χ0) is 17.1. The van der Waals surface area contributed by atoms with Crippen LogP contribution < -0.4 is 15.6 Å². The third-order valence-electron chi connectivity index (χ3n) is 3.78. The van der Waals surface area contributed by atoms with Crippen LogP contribution in [0.3, 0.4) is 0 Å². The minimum absolute atomic E-state index is 0.0421. The maximum Gasteiger partial charge on any atom is 0.263 e. The molecule has 1 heterocycles. The summed E-state index contributed by atoms with van der Waals surface area (Å²) in [6, 6.07) is 15.3. The third kappa shape index (κ3) is 3.25. The summed E-state index contributed by atoms with van der Waals surface area (Å²) in [5.41, 5.74) is 1.68. The van der Waals surface area contributed by atoms with Gasteiger partial charge in [-0.2, -0.15) is 0 Å². The van der Waals surface area contributed by atoms with Crippen molar-refractivity contribution in [2.24, 2.45) is 0 Å². The van der Waals surface area contributed by atoms with Gasteiger partial charge in [0.15, 0.2) is 0 Å². The molecule has 5 heteroatoms. The third-order valence-corrected chi connectivity index (χ3v) is 3.78. The van der Waals surface area contributed by atoms with Gasteiger partial charge in [-0.25, -0.2) is 4.98 Å². The molecule has 3 aromatic rings. The molecule has 5 nitrogen and oxygen atoms in total. The molecular formula is C19H21N3O2. The number of hydrogen-bond donors (Lipinski definition) is 1. The molecule has 0 atom stereocenters. The molecule has 0 unspecified atom stereocenters. The van der Waals surface area contributed by atoms with Gasteiger partial charge in [-0.1, -0.05) is 24.3 Å². The van der Waals surface area contributed by atoms with E-state index in [4.69, 9.17) is 4.74 Å². The molecule has 0 saturated heterocycles. The van der Waals surface area contributed by atoms with Gasteiger partial charge in [-0.15, -0.1) is 0 Å². The number of fused-ring (bicyclic) bond motifs is 1. The van der Waals surface area contributed by atoms with Crippen molar-refractivity contribution in [2.75, 3.05) is 12.4 Å². The summed E-state index contributed by atoms with van der Waals surface area (Å²) in [6.45, 7) is 4.51. The molecule has 0 bridgehead atoms. The second kappa shape index (κ2) is 6.74. The maximum absolute atomic E-state index is 12.9. The van der Waals surface area contributed by atoms with Crippen LogP contribution >= 0.6 is 0 Å². The molecule has 0 aliphatic heterocycles. The van der Waals surface area contributed by atoms with Crippen LogP contribution in [0.4, 0.5) is 5.95 Å². The summed E-state index contributed by atoms with van der Waals surface area (Å²) in [5, 5.41) is 3.90. The van der Waals surface area contributed by atoms with E-state index < -0.39 is 0 Å². The zero-order valence-electron chi connectivity index (χ0n) is 14.1. The molecule has 0 radical (unpaired) electrons. The Hall–Kier alpha value is -2.82. The Kier molecular flexibility index (Phi) is 4.51. The summed E-state index contributed by atoms with van der Waals surface area (Å²) < 4.78 is 6.87. The predicted octanol–water partition coefficient (Wildman–Crippen LogP) is 3.27. The molecule has 2 aromatic carbocycles. The fourth-order valence-electron chi connectivity index (χ4n) is 2.60. The van der Waals surface area contributed by atoms with Gasteiger partial charge in [0.05, 0.1) is 24.6 Å². The van der Waals surface area contributed by atoms with E-state index in [0.717, 1.165) is 11.3 Å². The summed E-state index contributed by atoms with van der Waals surface area (Å²) in [7, 11) is 1.64. The van der Waals surface area contributed by atoms with Crippen molar-refractivity contribution >= 4 is 16.9 Å². The van der Waals surface area contributed by atoms with Crippen LogP contribution in [0.1, 0.15) is 19.4 Å². The first-order valence-electron chi connectivity index (χ1n) is 7.97. The molecule has 0 amide bonds. The molecule has 24 heavy (non-hydrogen) atoms. The van der Waals surface area contributed by atoms with Crippen LogP contribution in [-0.2, 0) is 6.54 Å². The topological polar surface area (TPSA) is 56.1 Å². The highest BCUT2D eigenvalue weighted by atomic mass is 16.5. The number of anilines is 1. The van der Waals surface area contributed by atoms with E-state index in [1.807, 2.05) is 62.4 Å². The molecular weight excluding hydrogens is 302 g/mol. The van der Waals surface area contributed by atoms with Crippen LogP contribution in [-0.4, -0.2) is 22.7 Å². The normalized spacial score (nSPS) is 11.0. The van der Waals surface area contributed by atoms with E-state index >= 15 is 0 Å². The highest BCUT2D eigenvalue weighted by Gasteiger charge is 2.12. The van der Waals surface area contributed by atoms with E-state index in [9.17, 15) is 4.79 Å². The molecule has 0 fully saturated rings. The Morgan fingerprint density at radius 3 is 2.50 bits per heavy atom. The minimum Gasteiger partial charge on any atom is -0.497 e. The molecule has 1 aromatic heterocycles. The fourth-order valence-corrected chi connectivity index (χ4v) is 2.60. The van der Waals surface area contributed by atoms with Gasteiger partial charge < -0.3 is 10.1 Å². The molecule has 1 N–H and O–H groups in total. The number of ether oxygens (including phenoxy) is 1. The van der Waals surface area contributed by atoms with Crippen molar-refractivity contribution in [1.29, 1.82) is 0 Å². The van der Waals surface area contributed by atoms with Crippen molar-refractivity contribution in [3.8, 4) is 5.75 Å². The Morgan fingerprint density at radius 1 is 1.12 bits per heavy atom. The SMILES string of the molecule is COc1ccc(Cn2c(NC(C)C)nc3ccccc3c2=O)cc1. The molecule has 124 valence electrons. The van der Waals surface area contributed by atoms with Gasteiger partial charge in [-0.3, -0.25) is 9.36 Å². The molecule has 0 spiro atoms. The summed E-state index contributed by atoms with van der Waals surface area (Å²) in [4.78, 5) is 17.5. The number of methoxy groups -OCH3 is 1. The zero-order valence-corrected chi connectivity index (χ0v) is 14.1. The lowest BCUT2D eigenvalue weighted by molar-refractivity contribution is 0.414. The number of aromatic nitrogens is 2. The average Bonchev–Trinajstić information content (AvgIpc) is 2.58. The van der Waals surface area contributed by atoms with Crippen LogP contribution in [0.2, 0.25) is 0 Å². The average molecular weight is 323 g/mol. The smallest absolute Gasteiger partial charge is 0.263 e. The quantitative estimate of drug-likeness (QED) is 0.783. The van der Waals surface area contributed by atoms with Crippen LogP contribution in [0.5, 0.6) is 5.75 Å². The number of rotatable bonds is 5. The summed E-state index contributed by atoms with van der Waals surface area (Å²) >= 11 is 0. The molecule has 0 aliphatic rings. The Bertz CT molecular complexity index is 899. The van der Waals surface area contributed by atoms with Gasteiger partial charge in [0.25, 0.3) is 5.56 Å². The number of para-hydroxylation sites is 1. The van der Waals surface area contributed by atoms with Crippen molar-refractivity contribution in [2.45, 2.75) is 26.4 Å². The van der Waals surface area contributed by atoms with E-state index in [-0.39, 0.29) is 11.6 Å². The Labute approximate surface area is 140 Å². The summed E-state index contributed by atoms with van der Waals surface area (Å²) in [6.07, 6.45) is 0. The highest BCUT2D eigenvalue weighted by Crippen LogP contribution is 2.16. The van der Waals surface area contributed by atoms with E-state index in [2.05, 4.69) is 10.3 Å². The highest BCUT2D eigenvalue weighted by molar-refractivity contribution is 5.78. The number of hydrogen-bond acceptors (Lipinski definition) is 4. The van der Waals surface area contributed by atoms with Gasteiger partial charge in [-0.05, 0) is 43.7 Å². The number of nitrogens with zero attached hydrogens (tertiary/aromatic N) is 2. The largest absolute Gasteiger partial charge is 0.497 e. The van der Waals surface area contributed by atoms with Gasteiger partial charge in [0.1, 0.15) is 5.75 Å². The Balaban J connectivity index is 2.09. The first kappa shape index (κ1) is 16.1. The van der Waals surface area contributed by atoms with Crippen molar-refractivity contribution < 1.29 is 4.74 Å². The molecule has 0 aliphatic carbocycles. The minimum atomic E-state index is -0.0421. The lowest BCUT2D eigenvalue weighted by atomic mass is 10.2. The first-order chi connectivity index (χ1) is 11.6. The van der Waals surface area contributed by atoms with E-state index in [1.165, 1.54) is 0 Å². The molecule has 0 saturated carbocycles. The van der Waals surface area contributed by atoms with Crippen molar-refractivity contribution in [3.05, 3.63) is 64.4 Å². The molecule has 3 rings (SSSR count). The van der Waals surface area contributed by atoms with Gasteiger partial charge in [0, 0.05) is 6.04 Å². The van der Waals surface area contributed by atoms with Crippen LogP contribution in [0, 0.1) is 0 Å². The van der Waals surface area contributed by atoms with Crippen molar-refractivity contribution in [1.82, 2.24) is 9.55 Å². The van der Waals surface area contributed by atoms with Gasteiger partial charge >= 0.3 is 0 Å². The number of nitrogens with one attached hydrogen (secondary N) is 1. The number of benzene rings is 2. The Morgan fingerprint density at radius 2 is 1.83 bits per heavy atom.